The molecule has 2 aromatic heterocycles. The first-order valence-electron chi connectivity index (χ1n) is 5.36. The minimum atomic E-state index is -0.854. The van der Waals surface area contributed by atoms with Gasteiger partial charge in [-0.3, -0.25) is 0 Å². The summed E-state index contributed by atoms with van der Waals surface area (Å²) < 4.78 is 7.22. The van der Waals surface area contributed by atoms with Gasteiger partial charge in [0.15, 0.2) is 0 Å². The van der Waals surface area contributed by atoms with Gasteiger partial charge < -0.3 is 14.4 Å². The summed E-state index contributed by atoms with van der Waals surface area (Å²) in [6.45, 7) is 1.14. The lowest BCUT2D eigenvalue weighted by Gasteiger charge is -2.11. The highest BCUT2D eigenvalue weighted by molar-refractivity contribution is 7.15. The van der Waals surface area contributed by atoms with Crippen LogP contribution in [0.2, 0.25) is 0 Å². The average molecular weight is 249 g/mol. The second-order valence-corrected chi connectivity index (χ2v) is 4.97. The number of aromatic nitrogens is 1. The summed E-state index contributed by atoms with van der Waals surface area (Å²) in [5.74, 6) is -0.854. The maximum absolute atomic E-state index is 11.4. The Hall–Kier alpha value is -1.59. The lowest BCUT2D eigenvalue weighted by atomic mass is 10.1. The summed E-state index contributed by atoms with van der Waals surface area (Å²) in [7, 11) is 0. The molecule has 2 aromatic rings. The Morgan fingerprint density at radius 1 is 1.41 bits per heavy atom. The Bertz CT molecular complexity index is 557. The van der Waals surface area contributed by atoms with E-state index in [-0.39, 0.29) is 0 Å². The second-order valence-electron chi connectivity index (χ2n) is 3.88. The highest BCUT2D eigenvalue weighted by atomic mass is 32.1. The smallest absolute Gasteiger partial charge is 0.339 e. The van der Waals surface area contributed by atoms with E-state index in [0.717, 1.165) is 15.4 Å². The summed E-state index contributed by atoms with van der Waals surface area (Å²) in [5.41, 5.74) is 1.38. The first-order valence-corrected chi connectivity index (χ1v) is 6.18. The SMILES string of the molecule is O=C(O)c1c(-n2cccc2)sc2c1CCOC2. The zero-order valence-corrected chi connectivity index (χ0v) is 9.87. The number of ether oxygens (including phenoxy) is 1. The van der Waals surface area contributed by atoms with Gasteiger partial charge in [0.05, 0.1) is 18.8 Å². The molecule has 3 heterocycles. The number of fused-ring (bicyclic) bond motifs is 1. The van der Waals surface area contributed by atoms with Gasteiger partial charge in [0, 0.05) is 17.3 Å². The van der Waals surface area contributed by atoms with Crippen LogP contribution < -0.4 is 0 Å². The van der Waals surface area contributed by atoms with Crippen molar-refractivity contribution in [2.75, 3.05) is 6.61 Å². The molecule has 17 heavy (non-hydrogen) atoms. The van der Waals surface area contributed by atoms with Gasteiger partial charge in [-0.2, -0.15) is 0 Å². The van der Waals surface area contributed by atoms with E-state index in [0.29, 0.717) is 25.2 Å². The molecule has 88 valence electrons. The van der Waals surface area contributed by atoms with Gasteiger partial charge in [0.2, 0.25) is 0 Å². The van der Waals surface area contributed by atoms with Gasteiger partial charge in [-0.15, -0.1) is 11.3 Å². The molecule has 1 N–H and O–H groups in total. The predicted octanol–water partition coefficient (Wildman–Crippen LogP) is 2.31. The highest BCUT2D eigenvalue weighted by Gasteiger charge is 2.25. The number of carboxylic acid groups (broad SMARTS) is 1. The van der Waals surface area contributed by atoms with Gasteiger partial charge in [0.1, 0.15) is 5.00 Å². The lowest BCUT2D eigenvalue weighted by Crippen LogP contribution is -2.11. The number of rotatable bonds is 2. The first-order chi connectivity index (χ1) is 8.27. The molecule has 3 rings (SSSR count). The molecule has 0 aliphatic carbocycles. The minimum absolute atomic E-state index is 0.435. The van der Waals surface area contributed by atoms with Crippen molar-refractivity contribution in [3.63, 3.8) is 0 Å². The molecule has 0 radical (unpaired) electrons. The third kappa shape index (κ3) is 1.67. The molecule has 0 spiro atoms. The maximum atomic E-state index is 11.4. The fraction of sp³-hybridized carbons (Fsp3) is 0.250. The molecule has 1 aliphatic rings. The van der Waals surface area contributed by atoms with Crippen LogP contribution in [0.3, 0.4) is 0 Å². The summed E-state index contributed by atoms with van der Waals surface area (Å²) in [6.07, 6.45) is 4.42. The Labute approximate surface area is 102 Å². The third-order valence-electron chi connectivity index (χ3n) is 2.85. The van der Waals surface area contributed by atoms with Crippen molar-refractivity contribution in [1.29, 1.82) is 0 Å². The van der Waals surface area contributed by atoms with Gasteiger partial charge in [-0.25, -0.2) is 4.79 Å². The standard InChI is InChI=1S/C12H11NO3S/c14-12(15)10-8-3-6-16-7-9(8)17-11(10)13-4-1-2-5-13/h1-2,4-5H,3,6-7H2,(H,14,15). The average Bonchev–Trinajstić information content (AvgIpc) is 2.95. The molecule has 0 aromatic carbocycles. The Kier molecular flexibility index (Phi) is 2.49. The van der Waals surface area contributed by atoms with Crippen LogP contribution in [-0.4, -0.2) is 22.2 Å². The number of hydrogen-bond acceptors (Lipinski definition) is 3. The van der Waals surface area contributed by atoms with E-state index >= 15 is 0 Å². The third-order valence-corrected chi connectivity index (χ3v) is 4.07. The van der Waals surface area contributed by atoms with Crippen LogP contribution in [0, 0.1) is 0 Å². The van der Waals surface area contributed by atoms with E-state index in [2.05, 4.69) is 0 Å². The quantitative estimate of drug-likeness (QED) is 0.888. The number of carbonyl (C=O) groups is 1. The normalized spacial score (nSPS) is 14.6. The van der Waals surface area contributed by atoms with Gasteiger partial charge in [0.25, 0.3) is 0 Å². The number of hydrogen-bond donors (Lipinski definition) is 1. The Morgan fingerprint density at radius 2 is 2.18 bits per heavy atom. The first kappa shape index (κ1) is 10.6. The van der Waals surface area contributed by atoms with E-state index in [1.165, 1.54) is 11.3 Å². The largest absolute Gasteiger partial charge is 0.478 e. The number of thiophene rings is 1. The number of nitrogens with zero attached hydrogens (tertiary/aromatic N) is 1. The van der Waals surface area contributed by atoms with Crippen LogP contribution in [0.25, 0.3) is 5.00 Å². The summed E-state index contributed by atoms with van der Waals surface area (Å²) in [5, 5.41) is 10.1. The number of carboxylic acids is 1. The summed E-state index contributed by atoms with van der Waals surface area (Å²) in [6, 6.07) is 3.78. The molecule has 0 saturated heterocycles. The van der Waals surface area contributed by atoms with Crippen LogP contribution in [0.15, 0.2) is 24.5 Å². The van der Waals surface area contributed by atoms with Crippen molar-refractivity contribution in [2.45, 2.75) is 13.0 Å². The predicted molar refractivity (Wildman–Crippen MR) is 64.0 cm³/mol. The monoisotopic (exact) mass is 249 g/mol. The second kappa shape index (κ2) is 4.01. The molecular formula is C12H11NO3S. The molecule has 1 aliphatic heterocycles. The molecule has 0 amide bonds. The van der Waals surface area contributed by atoms with Crippen LogP contribution in [0.5, 0.6) is 0 Å². The van der Waals surface area contributed by atoms with Crippen LogP contribution in [0.4, 0.5) is 0 Å². The van der Waals surface area contributed by atoms with Crippen LogP contribution in [-0.2, 0) is 17.8 Å². The van der Waals surface area contributed by atoms with E-state index in [4.69, 9.17) is 4.74 Å². The van der Waals surface area contributed by atoms with Gasteiger partial charge in [-0.1, -0.05) is 0 Å². The van der Waals surface area contributed by atoms with Crippen molar-refractivity contribution in [1.82, 2.24) is 4.57 Å². The van der Waals surface area contributed by atoms with E-state index in [9.17, 15) is 9.90 Å². The van der Waals surface area contributed by atoms with E-state index < -0.39 is 5.97 Å². The number of aromatic carboxylic acids is 1. The Morgan fingerprint density at radius 3 is 2.88 bits per heavy atom. The Balaban J connectivity index is 2.21. The molecular weight excluding hydrogens is 238 g/mol. The van der Waals surface area contributed by atoms with Crippen molar-refractivity contribution < 1.29 is 14.6 Å². The summed E-state index contributed by atoms with van der Waals surface area (Å²) in [4.78, 5) is 12.4. The topological polar surface area (TPSA) is 51.5 Å². The zero-order valence-electron chi connectivity index (χ0n) is 9.05. The van der Waals surface area contributed by atoms with Crippen molar-refractivity contribution in [3.8, 4) is 5.00 Å². The van der Waals surface area contributed by atoms with Gasteiger partial charge in [-0.05, 0) is 24.1 Å². The van der Waals surface area contributed by atoms with Gasteiger partial charge >= 0.3 is 5.97 Å². The molecule has 0 atom stereocenters. The maximum Gasteiger partial charge on any atom is 0.339 e. The van der Waals surface area contributed by atoms with Crippen molar-refractivity contribution >= 4 is 17.3 Å². The molecule has 0 fully saturated rings. The minimum Gasteiger partial charge on any atom is -0.478 e. The summed E-state index contributed by atoms with van der Waals surface area (Å²) >= 11 is 1.51. The molecule has 4 nitrogen and oxygen atoms in total. The fourth-order valence-corrected chi connectivity index (χ4v) is 3.33. The highest BCUT2D eigenvalue weighted by Crippen LogP contribution is 2.35. The lowest BCUT2D eigenvalue weighted by molar-refractivity contribution is 0.0692. The van der Waals surface area contributed by atoms with Crippen molar-refractivity contribution in [3.05, 3.63) is 40.5 Å². The zero-order chi connectivity index (χ0) is 11.8. The van der Waals surface area contributed by atoms with Crippen LogP contribution >= 0.6 is 11.3 Å². The molecule has 0 unspecified atom stereocenters. The van der Waals surface area contributed by atoms with E-state index in [1.54, 1.807) is 0 Å². The molecule has 5 heteroatoms. The molecule has 0 saturated carbocycles. The fourth-order valence-electron chi connectivity index (χ4n) is 2.09. The molecule has 0 bridgehead atoms. The van der Waals surface area contributed by atoms with E-state index in [1.807, 2.05) is 29.1 Å². The van der Waals surface area contributed by atoms with Crippen molar-refractivity contribution in [2.24, 2.45) is 0 Å². The van der Waals surface area contributed by atoms with Crippen LogP contribution in [0.1, 0.15) is 20.8 Å².